The van der Waals surface area contributed by atoms with Gasteiger partial charge in [-0.15, -0.1) is 6.58 Å². The Morgan fingerprint density at radius 2 is 1.69 bits per heavy atom. The number of esters is 2. The predicted octanol–water partition coefficient (Wildman–Crippen LogP) is 5.45. The summed E-state index contributed by atoms with van der Waals surface area (Å²) < 4.78 is 16.9. The van der Waals surface area contributed by atoms with Gasteiger partial charge in [0.15, 0.2) is 0 Å². The number of nitrogen functional groups attached to an aromatic ring is 2. The van der Waals surface area contributed by atoms with Crippen LogP contribution in [0, 0.1) is 0 Å². The van der Waals surface area contributed by atoms with Gasteiger partial charge in [-0.05, 0) is 86.9 Å². The zero-order valence-electron chi connectivity index (χ0n) is 20.7. The van der Waals surface area contributed by atoms with Crippen molar-refractivity contribution in [1.82, 2.24) is 0 Å². The first-order chi connectivity index (χ1) is 17.4. The van der Waals surface area contributed by atoms with Gasteiger partial charge < -0.3 is 25.7 Å². The van der Waals surface area contributed by atoms with Gasteiger partial charge in [0.2, 0.25) is 0 Å². The molecule has 2 aromatic rings. The molecular formula is C29H36N2O5. The van der Waals surface area contributed by atoms with E-state index in [2.05, 4.69) is 6.58 Å². The average molecular weight is 493 g/mol. The number of hydrogen-bond donors (Lipinski definition) is 2. The van der Waals surface area contributed by atoms with Crippen LogP contribution in [0.1, 0.15) is 66.4 Å². The van der Waals surface area contributed by atoms with Crippen LogP contribution < -0.4 is 11.5 Å². The molecule has 0 heterocycles. The fraction of sp³-hybridized carbons (Fsp3) is 0.379. The van der Waals surface area contributed by atoms with E-state index in [9.17, 15) is 9.59 Å². The molecule has 1 fully saturated rings. The summed E-state index contributed by atoms with van der Waals surface area (Å²) in [5.74, 6) is -0.838. The van der Waals surface area contributed by atoms with Crippen molar-refractivity contribution in [2.24, 2.45) is 0 Å². The van der Waals surface area contributed by atoms with Crippen molar-refractivity contribution in [2.75, 3.05) is 18.1 Å². The van der Waals surface area contributed by atoms with Gasteiger partial charge in [-0.2, -0.15) is 0 Å². The zero-order valence-corrected chi connectivity index (χ0v) is 20.7. The van der Waals surface area contributed by atoms with Gasteiger partial charge in [0, 0.05) is 29.6 Å². The van der Waals surface area contributed by atoms with Crippen molar-refractivity contribution < 1.29 is 23.8 Å². The Morgan fingerprint density at radius 1 is 0.972 bits per heavy atom. The van der Waals surface area contributed by atoms with Crippen LogP contribution in [0.2, 0.25) is 0 Å². The highest BCUT2D eigenvalue weighted by atomic mass is 16.5. The Kier molecular flexibility index (Phi) is 10.6. The van der Waals surface area contributed by atoms with Crippen molar-refractivity contribution in [3.63, 3.8) is 0 Å². The molecule has 1 saturated carbocycles. The fourth-order valence-electron chi connectivity index (χ4n) is 4.02. The molecule has 0 bridgehead atoms. The number of ether oxygens (including phenoxy) is 3. The zero-order chi connectivity index (χ0) is 25.8. The largest absolute Gasteiger partial charge is 0.459 e. The number of rotatable bonds is 12. The summed E-state index contributed by atoms with van der Waals surface area (Å²) in [6.45, 7) is 4.54. The molecule has 0 unspecified atom stereocenters. The van der Waals surface area contributed by atoms with Crippen LogP contribution >= 0.6 is 0 Å². The number of nitrogens with two attached hydrogens (primary N) is 2. The monoisotopic (exact) mass is 492 g/mol. The van der Waals surface area contributed by atoms with Gasteiger partial charge >= 0.3 is 11.9 Å². The summed E-state index contributed by atoms with van der Waals surface area (Å²) in [5, 5.41) is 0. The Balaban J connectivity index is 1.38. The molecule has 0 spiro atoms. The van der Waals surface area contributed by atoms with E-state index in [1.807, 2.05) is 6.08 Å². The molecule has 1 aliphatic carbocycles. The predicted molar refractivity (Wildman–Crippen MR) is 142 cm³/mol. The van der Waals surface area contributed by atoms with Crippen molar-refractivity contribution in [2.45, 2.75) is 63.8 Å². The molecule has 3 rings (SSSR count). The Hall–Kier alpha value is -3.58. The van der Waals surface area contributed by atoms with Crippen molar-refractivity contribution in [3.05, 3.63) is 77.9 Å². The second kappa shape index (κ2) is 14.1. The maximum Gasteiger partial charge on any atom is 0.338 e. The molecular weight excluding hydrogens is 456 g/mol. The number of allylic oxidation sites excluding steroid dienone is 1. The molecule has 0 amide bonds. The van der Waals surface area contributed by atoms with Gasteiger partial charge in [0.25, 0.3) is 0 Å². The first-order valence-corrected chi connectivity index (χ1v) is 12.5. The maximum atomic E-state index is 12.5. The highest BCUT2D eigenvalue weighted by molar-refractivity contribution is 5.90. The van der Waals surface area contributed by atoms with Gasteiger partial charge in [-0.25, -0.2) is 9.59 Å². The lowest BCUT2D eigenvalue weighted by Crippen LogP contribution is -2.28. The van der Waals surface area contributed by atoms with Gasteiger partial charge in [0.05, 0.1) is 11.7 Å². The number of carbonyl (C=O) groups is 2. The number of hydrogen-bond acceptors (Lipinski definition) is 7. The van der Waals surface area contributed by atoms with E-state index in [-0.39, 0.29) is 24.8 Å². The van der Waals surface area contributed by atoms with Crippen molar-refractivity contribution in [3.8, 4) is 0 Å². The van der Waals surface area contributed by atoms with Crippen molar-refractivity contribution >= 4 is 29.4 Å². The number of unbranched alkanes of at least 4 members (excludes halogenated alkanes) is 2. The van der Waals surface area contributed by atoms with Gasteiger partial charge in [-0.1, -0.05) is 18.2 Å². The minimum absolute atomic E-state index is 0.0363. The minimum Gasteiger partial charge on any atom is -0.459 e. The lowest BCUT2D eigenvalue weighted by Gasteiger charge is -2.28. The normalized spacial score (nSPS) is 17.6. The quantitative estimate of drug-likeness (QED) is 0.133. The minimum atomic E-state index is -0.503. The second-order valence-electron chi connectivity index (χ2n) is 8.98. The molecule has 7 heteroatoms. The Labute approximate surface area is 213 Å². The summed E-state index contributed by atoms with van der Waals surface area (Å²) in [5.41, 5.74) is 14.6. The van der Waals surface area contributed by atoms with Gasteiger partial charge in [0.1, 0.15) is 12.7 Å². The highest BCUT2D eigenvalue weighted by Crippen LogP contribution is 2.25. The van der Waals surface area contributed by atoms with Gasteiger partial charge in [-0.3, -0.25) is 0 Å². The second-order valence-corrected chi connectivity index (χ2v) is 8.98. The van der Waals surface area contributed by atoms with E-state index < -0.39 is 5.97 Å². The third-order valence-corrected chi connectivity index (χ3v) is 6.15. The van der Waals surface area contributed by atoms with E-state index >= 15 is 0 Å². The van der Waals surface area contributed by atoms with Crippen LogP contribution in [0.25, 0.3) is 6.08 Å². The standard InChI is InChI=1S/C29H36N2O5/c1-2-3-4-5-18-34-25-12-14-26(15-13-25)36-29(33)22-9-6-21(7-10-22)8-17-28(32)35-20-23-19-24(30)11-16-27(23)31/h2,6-11,16-17,19,25-26H,1,3-5,12-15,18,20,30-31H2/b17-8+. The van der Waals surface area contributed by atoms with Crippen LogP contribution in [0.4, 0.5) is 11.4 Å². The Morgan fingerprint density at radius 3 is 2.42 bits per heavy atom. The maximum absolute atomic E-state index is 12.5. The molecule has 0 aromatic heterocycles. The van der Waals surface area contributed by atoms with E-state index in [0.29, 0.717) is 22.5 Å². The summed E-state index contributed by atoms with van der Waals surface area (Å²) in [7, 11) is 0. The Bertz CT molecular complexity index is 1040. The first kappa shape index (κ1) is 27.0. The lowest BCUT2D eigenvalue weighted by molar-refractivity contribution is -0.138. The van der Waals surface area contributed by atoms with Crippen LogP contribution in [0.3, 0.4) is 0 Å². The molecule has 0 atom stereocenters. The van der Waals surface area contributed by atoms with E-state index in [4.69, 9.17) is 25.7 Å². The molecule has 7 nitrogen and oxygen atoms in total. The van der Waals surface area contributed by atoms with E-state index in [0.717, 1.165) is 57.1 Å². The smallest absolute Gasteiger partial charge is 0.338 e. The average Bonchev–Trinajstić information content (AvgIpc) is 2.89. The molecule has 1 aliphatic rings. The lowest BCUT2D eigenvalue weighted by atomic mass is 9.95. The molecule has 36 heavy (non-hydrogen) atoms. The molecule has 0 saturated heterocycles. The summed E-state index contributed by atoms with van der Waals surface area (Å²) in [6, 6.07) is 11.9. The van der Waals surface area contributed by atoms with Crippen LogP contribution in [0.15, 0.2) is 61.2 Å². The third kappa shape index (κ3) is 8.89. The van der Waals surface area contributed by atoms with Crippen LogP contribution in [-0.2, 0) is 25.6 Å². The van der Waals surface area contributed by atoms with E-state index in [1.165, 1.54) is 6.08 Å². The number of benzene rings is 2. The van der Waals surface area contributed by atoms with Crippen LogP contribution in [0.5, 0.6) is 0 Å². The SMILES string of the molecule is C=CCCCCOC1CCC(OC(=O)c2ccc(/C=C/C(=O)OCc3cc(N)ccc3N)cc2)CC1. The molecule has 2 aromatic carbocycles. The molecule has 0 radical (unpaired) electrons. The number of anilines is 2. The molecule has 192 valence electrons. The summed E-state index contributed by atoms with van der Waals surface area (Å²) >= 11 is 0. The van der Waals surface area contributed by atoms with Crippen LogP contribution in [-0.4, -0.2) is 30.8 Å². The molecule has 4 N–H and O–H groups in total. The first-order valence-electron chi connectivity index (χ1n) is 12.5. The van der Waals surface area contributed by atoms with E-state index in [1.54, 1.807) is 48.5 Å². The molecule has 0 aliphatic heterocycles. The third-order valence-electron chi connectivity index (χ3n) is 6.15. The highest BCUT2D eigenvalue weighted by Gasteiger charge is 2.24. The number of carbonyl (C=O) groups excluding carboxylic acids is 2. The summed E-state index contributed by atoms with van der Waals surface area (Å²) in [6.07, 6.45) is 11.7. The fourth-order valence-corrected chi connectivity index (χ4v) is 4.02. The van der Waals surface area contributed by atoms with Crippen molar-refractivity contribution in [1.29, 1.82) is 0 Å². The summed E-state index contributed by atoms with van der Waals surface area (Å²) in [4.78, 5) is 24.6. The topological polar surface area (TPSA) is 114 Å².